The molecule has 88 valence electrons. The van der Waals surface area contributed by atoms with Crippen LogP contribution in [-0.2, 0) is 0 Å². The molecule has 1 aliphatic rings. The molecule has 1 fully saturated rings. The van der Waals surface area contributed by atoms with Gasteiger partial charge in [0, 0.05) is 11.6 Å². The lowest BCUT2D eigenvalue weighted by molar-refractivity contribution is 0.0480. The van der Waals surface area contributed by atoms with Gasteiger partial charge in [-0.25, -0.2) is 9.18 Å². The van der Waals surface area contributed by atoms with Gasteiger partial charge in [0.2, 0.25) is 0 Å². The molecule has 3 N–H and O–H groups in total. The molecule has 0 aromatic rings. The molecule has 5 heteroatoms. The second-order valence-corrected chi connectivity index (χ2v) is 5.14. The maximum absolute atomic E-state index is 13.6. The Labute approximate surface area is 89.2 Å². The average Bonchev–Trinajstić information content (AvgIpc) is 2.26. The Bertz CT molecular complexity index is 252. The van der Waals surface area contributed by atoms with Crippen molar-refractivity contribution in [1.29, 1.82) is 0 Å². The summed E-state index contributed by atoms with van der Waals surface area (Å²) in [7, 11) is 0. The molecule has 1 rings (SSSR count). The Morgan fingerprint density at radius 3 is 2.27 bits per heavy atom. The van der Waals surface area contributed by atoms with Crippen molar-refractivity contribution < 1.29 is 14.3 Å². The van der Waals surface area contributed by atoms with Crippen molar-refractivity contribution in [2.75, 3.05) is 0 Å². The van der Waals surface area contributed by atoms with Gasteiger partial charge in [0.25, 0.3) is 0 Å². The summed E-state index contributed by atoms with van der Waals surface area (Å²) < 4.78 is 13.6. The van der Waals surface area contributed by atoms with Crippen LogP contribution in [-0.4, -0.2) is 39.9 Å². The number of amides is 1. The third-order valence-electron chi connectivity index (χ3n) is 2.75. The van der Waals surface area contributed by atoms with E-state index in [4.69, 9.17) is 10.8 Å². The van der Waals surface area contributed by atoms with Crippen molar-refractivity contribution in [3.05, 3.63) is 0 Å². The molecule has 0 bridgehead atoms. The summed E-state index contributed by atoms with van der Waals surface area (Å²) in [6.07, 6.45) is -1.56. The normalized spacial score (nSPS) is 31.7. The highest BCUT2D eigenvalue weighted by atomic mass is 19.1. The number of hydrogen-bond acceptors (Lipinski definition) is 2. The third kappa shape index (κ3) is 2.59. The van der Waals surface area contributed by atoms with Crippen molar-refractivity contribution in [3.8, 4) is 0 Å². The maximum Gasteiger partial charge on any atom is 0.408 e. The van der Waals surface area contributed by atoms with E-state index in [9.17, 15) is 9.18 Å². The summed E-state index contributed by atoms with van der Waals surface area (Å²) in [5, 5.41) is 9.09. The molecule has 1 amide bonds. The molecule has 3 atom stereocenters. The van der Waals surface area contributed by atoms with Crippen molar-refractivity contribution >= 4 is 6.09 Å². The molecule has 0 aliphatic heterocycles. The molecule has 0 unspecified atom stereocenters. The average molecular weight is 218 g/mol. The van der Waals surface area contributed by atoms with Gasteiger partial charge in [-0.2, -0.15) is 0 Å². The number of hydrogen-bond donors (Lipinski definition) is 2. The Kier molecular flexibility index (Phi) is 3.23. The predicted octanol–water partition coefficient (Wildman–Crippen LogP) is 1.59. The molecule has 0 radical (unpaired) electrons. The van der Waals surface area contributed by atoms with E-state index in [1.54, 1.807) is 20.8 Å². The molecule has 4 nitrogen and oxygen atoms in total. The van der Waals surface area contributed by atoms with E-state index in [0.29, 0.717) is 6.42 Å². The Balaban J connectivity index is 2.86. The van der Waals surface area contributed by atoms with Gasteiger partial charge in [-0.3, -0.25) is 4.90 Å². The number of alkyl halides is 1. The van der Waals surface area contributed by atoms with E-state index in [2.05, 4.69) is 0 Å². The minimum atomic E-state index is -1.14. The van der Waals surface area contributed by atoms with Gasteiger partial charge in [0.1, 0.15) is 6.17 Å². The molecular weight excluding hydrogens is 199 g/mol. The molecule has 1 aliphatic carbocycles. The number of nitrogens with zero attached hydrogens (tertiary/aromatic N) is 1. The van der Waals surface area contributed by atoms with Crippen LogP contribution in [0, 0.1) is 0 Å². The van der Waals surface area contributed by atoms with E-state index >= 15 is 0 Å². The molecule has 0 aromatic carbocycles. The number of carbonyl (C=O) groups is 1. The number of halogens is 1. The monoisotopic (exact) mass is 218 g/mol. The molecule has 0 heterocycles. The predicted molar refractivity (Wildman–Crippen MR) is 55.5 cm³/mol. The van der Waals surface area contributed by atoms with E-state index in [1.807, 2.05) is 0 Å². The van der Waals surface area contributed by atoms with Crippen molar-refractivity contribution in [2.45, 2.75) is 57.4 Å². The SMILES string of the molecule is CC(C)(C)N(C(=O)O)[C@@H]1C[C@@H](N)C[C@H]1F. The number of carboxylic acid groups (broad SMARTS) is 1. The molecule has 0 saturated heterocycles. The first-order valence-corrected chi connectivity index (χ1v) is 5.15. The lowest BCUT2D eigenvalue weighted by Crippen LogP contribution is -2.53. The summed E-state index contributed by atoms with van der Waals surface area (Å²) in [6.45, 7) is 5.28. The fourth-order valence-electron chi connectivity index (χ4n) is 2.19. The van der Waals surface area contributed by atoms with Crippen LogP contribution >= 0.6 is 0 Å². The molecule has 0 spiro atoms. The van der Waals surface area contributed by atoms with E-state index in [0.717, 1.165) is 0 Å². The summed E-state index contributed by atoms with van der Waals surface area (Å²) in [4.78, 5) is 12.3. The first-order chi connectivity index (χ1) is 6.73. The Morgan fingerprint density at radius 1 is 1.47 bits per heavy atom. The van der Waals surface area contributed by atoms with Crippen LogP contribution in [0.2, 0.25) is 0 Å². The maximum atomic E-state index is 13.6. The molecule has 1 saturated carbocycles. The first-order valence-electron chi connectivity index (χ1n) is 5.15. The second kappa shape index (κ2) is 3.96. The van der Waals surface area contributed by atoms with Gasteiger partial charge in [-0.1, -0.05) is 0 Å². The zero-order chi connectivity index (χ0) is 11.8. The topological polar surface area (TPSA) is 66.6 Å². The Morgan fingerprint density at radius 2 is 2.00 bits per heavy atom. The van der Waals surface area contributed by atoms with Gasteiger partial charge in [-0.15, -0.1) is 0 Å². The van der Waals surface area contributed by atoms with E-state index in [1.165, 1.54) is 4.90 Å². The number of rotatable bonds is 1. The lowest BCUT2D eigenvalue weighted by atomic mass is 10.0. The summed E-state index contributed by atoms with van der Waals surface area (Å²) in [6, 6.07) is -0.827. The van der Waals surface area contributed by atoms with Crippen molar-refractivity contribution in [2.24, 2.45) is 5.73 Å². The van der Waals surface area contributed by atoms with Gasteiger partial charge >= 0.3 is 6.09 Å². The van der Waals surface area contributed by atoms with Crippen LogP contribution in [0.25, 0.3) is 0 Å². The summed E-state index contributed by atoms with van der Waals surface area (Å²) in [5.41, 5.74) is 5.04. The third-order valence-corrected chi connectivity index (χ3v) is 2.75. The van der Waals surface area contributed by atoms with Crippen LogP contribution in [0.15, 0.2) is 0 Å². The zero-order valence-corrected chi connectivity index (χ0v) is 9.40. The number of nitrogens with two attached hydrogens (primary N) is 1. The second-order valence-electron chi connectivity index (χ2n) is 5.14. The summed E-state index contributed by atoms with van der Waals surface area (Å²) in [5.74, 6) is 0. The summed E-state index contributed by atoms with van der Waals surface area (Å²) >= 11 is 0. The van der Waals surface area contributed by atoms with Crippen molar-refractivity contribution in [1.82, 2.24) is 4.90 Å². The van der Waals surface area contributed by atoms with Gasteiger partial charge in [0.05, 0.1) is 6.04 Å². The van der Waals surface area contributed by atoms with Crippen molar-refractivity contribution in [3.63, 3.8) is 0 Å². The smallest absolute Gasteiger partial charge is 0.408 e. The minimum Gasteiger partial charge on any atom is -0.465 e. The van der Waals surface area contributed by atoms with Crippen LogP contribution in [0.3, 0.4) is 0 Å². The quantitative estimate of drug-likeness (QED) is 0.702. The van der Waals surface area contributed by atoms with E-state index in [-0.39, 0.29) is 12.5 Å². The van der Waals surface area contributed by atoms with Gasteiger partial charge in [-0.05, 0) is 33.6 Å². The molecule has 15 heavy (non-hydrogen) atoms. The highest BCUT2D eigenvalue weighted by molar-refractivity contribution is 5.66. The standard InChI is InChI=1S/C10H19FN2O2/c1-10(2,3)13(9(14)15)8-5-6(12)4-7(8)11/h6-8H,4-5,12H2,1-3H3,(H,14,15)/t6-,7+,8+/m0/s1. The fraction of sp³-hybridized carbons (Fsp3) is 0.900. The van der Waals surface area contributed by atoms with Gasteiger partial charge < -0.3 is 10.8 Å². The lowest BCUT2D eigenvalue weighted by Gasteiger charge is -2.38. The van der Waals surface area contributed by atoms with E-state index < -0.39 is 23.8 Å². The molecular formula is C10H19FN2O2. The van der Waals surface area contributed by atoms with Crippen LogP contribution in [0.4, 0.5) is 9.18 Å². The minimum absolute atomic E-state index is 0.228. The molecule has 0 aromatic heterocycles. The van der Waals surface area contributed by atoms with Crippen LogP contribution in [0.1, 0.15) is 33.6 Å². The largest absolute Gasteiger partial charge is 0.465 e. The van der Waals surface area contributed by atoms with Gasteiger partial charge in [0.15, 0.2) is 0 Å². The van der Waals surface area contributed by atoms with Crippen LogP contribution < -0.4 is 5.73 Å². The fourth-order valence-corrected chi connectivity index (χ4v) is 2.19. The zero-order valence-electron chi connectivity index (χ0n) is 9.40. The highest BCUT2D eigenvalue weighted by Gasteiger charge is 2.43. The Hall–Kier alpha value is -0.840. The van der Waals surface area contributed by atoms with Crippen LogP contribution in [0.5, 0.6) is 0 Å². The first kappa shape index (κ1) is 12.2. The highest BCUT2D eigenvalue weighted by Crippen LogP contribution is 2.31.